The van der Waals surface area contributed by atoms with Gasteiger partial charge in [-0.05, 0) is 30.2 Å². The number of hydrogen-bond acceptors (Lipinski definition) is 3. The largest absolute Gasteiger partial charge is 0.394 e. The molecule has 110 valence electrons. The van der Waals surface area contributed by atoms with Gasteiger partial charge in [-0.3, -0.25) is 5.01 Å². The van der Waals surface area contributed by atoms with Crippen molar-refractivity contribution in [2.24, 2.45) is 5.10 Å². The Labute approximate surface area is 134 Å². The number of hydrogen-bond donors (Lipinski definition) is 1. The normalized spacial score (nSPS) is 11.5. The van der Waals surface area contributed by atoms with Gasteiger partial charge in [-0.2, -0.15) is 5.10 Å². The van der Waals surface area contributed by atoms with Crippen molar-refractivity contribution in [2.45, 2.75) is 13.5 Å². The molecule has 4 heteroatoms. The van der Waals surface area contributed by atoms with Gasteiger partial charge in [-0.1, -0.05) is 58.4 Å². The Morgan fingerprint density at radius 1 is 1.10 bits per heavy atom. The molecule has 0 aromatic heterocycles. The first-order chi connectivity index (χ1) is 10.2. The Hall–Kier alpha value is -1.65. The Kier molecular flexibility index (Phi) is 5.96. The predicted octanol–water partition coefficient (Wildman–Crippen LogP) is 3.67. The molecule has 0 unspecified atom stereocenters. The van der Waals surface area contributed by atoms with Crippen LogP contribution in [0.5, 0.6) is 0 Å². The van der Waals surface area contributed by atoms with E-state index >= 15 is 0 Å². The zero-order chi connectivity index (χ0) is 15.1. The maximum Gasteiger partial charge on any atom is 0.0646 e. The predicted molar refractivity (Wildman–Crippen MR) is 90.3 cm³/mol. The van der Waals surface area contributed by atoms with E-state index in [1.165, 1.54) is 5.56 Å². The molecule has 0 atom stereocenters. The highest BCUT2D eigenvalue weighted by Crippen LogP contribution is 2.12. The number of aliphatic hydroxyl groups excluding tert-OH is 1. The molecule has 3 nitrogen and oxygen atoms in total. The smallest absolute Gasteiger partial charge is 0.0646 e. The third-order valence-corrected chi connectivity index (χ3v) is 3.65. The Morgan fingerprint density at radius 2 is 1.76 bits per heavy atom. The number of rotatable bonds is 6. The molecule has 0 heterocycles. The lowest BCUT2D eigenvalue weighted by Gasteiger charge is -2.19. The molecule has 0 aliphatic rings. The number of benzene rings is 2. The molecule has 0 aliphatic heterocycles. The summed E-state index contributed by atoms with van der Waals surface area (Å²) < 4.78 is 1.05. The zero-order valence-electron chi connectivity index (χ0n) is 12.0. The van der Waals surface area contributed by atoms with E-state index in [2.05, 4.69) is 33.2 Å². The van der Waals surface area contributed by atoms with Gasteiger partial charge in [-0.25, -0.2) is 0 Å². The number of aliphatic hydroxyl groups is 1. The second-order valence-electron chi connectivity index (χ2n) is 4.79. The van der Waals surface area contributed by atoms with Crippen LogP contribution in [0.1, 0.15) is 18.1 Å². The fourth-order valence-corrected chi connectivity index (χ4v) is 2.30. The maximum atomic E-state index is 9.22. The van der Waals surface area contributed by atoms with Gasteiger partial charge in [0.15, 0.2) is 0 Å². The highest BCUT2D eigenvalue weighted by atomic mass is 79.9. The van der Waals surface area contributed by atoms with E-state index in [4.69, 9.17) is 0 Å². The van der Waals surface area contributed by atoms with Gasteiger partial charge < -0.3 is 5.11 Å². The molecule has 0 fully saturated rings. The van der Waals surface area contributed by atoms with E-state index in [0.29, 0.717) is 13.1 Å². The number of hydrazone groups is 1. The third kappa shape index (κ3) is 4.99. The van der Waals surface area contributed by atoms with Crippen molar-refractivity contribution < 1.29 is 5.11 Å². The molecule has 21 heavy (non-hydrogen) atoms. The first-order valence-corrected chi connectivity index (χ1v) is 7.69. The highest BCUT2D eigenvalue weighted by molar-refractivity contribution is 9.10. The number of nitrogens with zero attached hydrogens (tertiary/aromatic N) is 2. The van der Waals surface area contributed by atoms with Crippen molar-refractivity contribution in [3.8, 4) is 0 Å². The van der Waals surface area contributed by atoms with Crippen molar-refractivity contribution >= 4 is 21.6 Å². The molecule has 0 amide bonds. The van der Waals surface area contributed by atoms with E-state index in [1.54, 1.807) is 0 Å². The van der Waals surface area contributed by atoms with E-state index in [1.807, 2.05) is 54.4 Å². The fourth-order valence-electron chi connectivity index (χ4n) is 2.03. The second kappa shape index (κ2) is 7.96. The Bertz CT molecular complexity index is 581. The molecule has 0 radical (unpaired) electrons. The monoisotopic (exact) mass is 346 g/mol. The minimum absolute atomic E-state index is 0.0873. The summed E-state index contributed by atoms with van der Waals surface area (Å²) in [5.41, 5.74) is 3.19. The molecule has 2 rings (SSSR count). The Balaban J connectivity index is 2.14. The van der Waals surface area contributed by atoms with E-state index in [9.17, 15) is 5.11 Å². The van der Waals surface area contributed by atoms with Crippen LogP contribution in [0.4, 0.5) is 0 Å². The van der Waals surface area contributed by atoms with Crippen molar-refractivity contribution in [1.82, 2.24) is 5.01 Å². The third-order valence-electron chi connectivity index (χ3n) is 3.12. The van der Waals surface area contributed by atoms with Crippen LogP contribution < -0.4 is 0 Å². The van der Waals surface area contributed by atoms with Gasteiger partial charge in [0.25, 0.3) is 0 Å². The summed E-state index contributed by atoms with van der Waals surface area (Å²) in [7, 11) is 0. The van der Waals surface area contributed by atoms with Crippen LogP contribution in [0.2, 0.25) is 0 Å². The van der Waals surface area contributed by atoms with Crippen LogP contribution in [0.3, 0.4) is 0 Å². The number of halogens is 1. The van der Waals surface area contributed by atoms with Crippen LogP contribution in [0.25, 0.3) is 0 Å². The molecular weight excluding hydrogens is 328 g/mol. The second-order valence-corrected chi connectivity index (χ2v) is 5.71. The summed E-state index contributed by atoms with van der Waals surface area (Å²) in [6.45, 7) is 3.28. The van der Waals surface area contributed by atoms with Gasteiger partial charge in [0.05, 0.1) is 25.4 Å². The highest BCUT2D eigenvalue weighted by Gasteiger charge is 2.04. The lowest BCUT2D eigenvalue weighted by atomic mass is 10.1. The fraction of sp³-hybridized carbons (Fsp3) is 0.235. The molecule has 0 saturated heterocycles. The molecule has 2 aromatic carbocycles. The maximum absolute atomic E-state index is 9.22. The average Bonchev–Trinajstić information content (AvgIpc) is 2.49. The van der Waals surface area contributed by atoms with Crippen LogP contribution in [0.15, 0.2) is 64.2 Å². The molecule has 2 aromatic rings. The lowest BCUT2D eigenvalue weighted by Crippen LogP contribution is -2.22. The van der Waals surface area contributed by atoms with Gasteiger partial charge in [0.1, 0.15) is 0 Å². The molecule has 1 N–H and O–H groups in total. The first-order valence-electron chi connectivity index (χ1n) is 6.90. The average molecular weight is 347 g/mol. The zero-order valence-corrected chi connectivity index (χ0v) is 13.6. The van der Waals surface area contributed by atoms with E-state index < -0.39 is 0 Å². The summed E-state index contributed by atoms with van der Waals surface area (Å²) in [5.74, 6) is 0. The van der Waals surface area contributed by atoms with Crippen LogP contribution >= 0.6 is 15.9 Å². The minimum atomic E-state index is 0.0873. The topological polar surface area (TPSA) is 35.8 Å². The molecular formula is C17H19BrN2O. The van der Waals surface area contributed by atoms with E-state index in [0.717, 1.165) is 15.7 Å². The summed E-state index contributed by atoms with van der Waals surface area (Å²) in [6, 6.07) is 18.2. The summed E-state index contributed by atoms with van der Waals surface area (Å²) in [6.07, 6.45) is 0. The van der Waals surface area contributed by atoms with Gasteiger partial charge in [0, 0.05) is 4.47 Å². The van der Waals surface area contributed by atoms with Crippen molar-refractivity contribution in [3.05, 3.63) is 70.2 Å². The summed E-state index contributed by atoms with van der Waals surface area (Å²) >= 11 is 3.43. The Morgan fingerprint density at radius 3 is 2.38 bits per heavy atom. The molecule has 0 bridgehead atoms. The summed E-state index contributed by atoms with van der Waals surface area (Å²) in [5, 5.41) is 15.7. The molecule has 0 spiro atoms. The van der Waals surface area contributed by atoms with Gasteiger partial charge in [0.2, 0.25) is 0 Å². The quantitative estimate of drug-likeness (QED) is 0.639. The van der Waals surface area contributed by atoms with Crippen LogP contribution in [-0.2, 0) is 6.54 Å². The van der Waals surface area contributed by atoms with Crippen molar-refractivity contribution in [3.63, 3.8) is 0 Å². The first kappa shape index (κ1) is 15.7. The van der Waals surface area contributed by atoms with Crippen LogP contribution in [-0.4, -0.2) is 29.0 Å². The van der Waals surface area contributed by atoms with Gasteiger partial charge in [-0.15, -0.1) is 0 Å². The molecule has 0 saturated carbocycles. The van der Waals surface area contributed by atoms with Crippen molar-refractivity contribution in [2.75, 3.05) is 13.2 Å². The standard InChI is InChI=1S/C17H19BrN2O/c1-14(16-7-9-17(18)10-8-16)19-20(11-12-21)13-15-5-3-2-4-6-15/h2-10,21H,11-13H2,1H3/b19-14-. The van der Waals surface area contributed by atoms with E-state index in [-0.39, 0.29) is 6.61 Å². The lowest BCUT2D eigenvalue weighted by molar-refractivity contribution is 0.196. The molecule has 0 aliphatic carbocycles. The summed E-state index contributed by atoms with van der Waals surface area (Å²) in [4.78, 5) is 0. The minimum Gasteiger partial charge on any atom is -0.394 e. The van der Waals surface area contributed by atoms with Crippen LogP contribution in [0, 0.1) is 0 Å². The van der Waals surface area contributed by atoms with Crippen molar-refractivity contribution in [1.29, 1.82) is 0 Å². The SMILES string of the molecule is C/C(=N/N(CCO)Cc1ccccc1)c1ccc(Br)cc1. The van der Waals surface area contributed by atoms with Gasteiger partial charge >= 0.3 is 0 Å².